The second kappa shape index (κ2) is 9.92. The average Bonchev–Trinajstić information content (AvgIpc) is 3.34. The van der Waals surface area contributed by atoms with Crippen LogP contribution in [0.3, 0.4) is 0 Å². The van der Waals surface area contributed by atoms with Crippen molar-refractivity contribution < 1.29 is 29.0 Å². The highest BCUT2D eigenvalue weighted by atomic mass is 16.6. The number of rotatable bonds is 4. The lowest BCUT2D eigenvalue weighted by Gasteiger charge is -2.39. The number of allylic oxidation sites excluding steroid dienone is 1. The number of anilines is 1. The summed E-state index contributed by atoms with van der Waals surface area (Å²) in [7, 11) is 0. The summed E-state index contributed by atoms with van der Waals surface area (Å²) in [6.07, 6.45) is 8.21. The van der Waals surface area contributed by atoms with Crippen LogP contribution in [0, 0.1) is 17.8 Å². The number of aliphatic hydroxyl groups excluding tert-OH is 1. The van der Waals surface area contributed by atoms with E-state index in [9.17, 15) is 19.5 Å². The van der Waals surface area contributed by atoms with Crippen LogP contribution in [0.4, 0.5) is 5.69 Å². The number of carbonyl (C=O) groups excluding carboxylic acids is 3. The predicted molar refractivity (Wildman–Crippen MR) is 146 cm³/mol. The highest BCUT2D eigenvalue weighted by Crippen LogP contribution is 2.54. The van der Waals surface area contributed by atoms with E-state index in [4.69, 9.17) is 9.47 Å². The Labute approximate surface area is 227 Å². The minimum Gasteiger partial charge on any atom is -0.465 e. The zero-order valence-corrected chi connectivity index (χ0v) is 22.2. The molecule has 0 radical (unpaired) electrons. The lowest BCUT2D eigenvalue weighted by molar-refractivity contribution is -0.155. The molecule has 1 unspecified atom stereocenters. The van der Waals surface area contributed by atoms with Crippen molar-refractivity contribution >= 4 is 34.2 Å². The molecule has 2 amide bonds. The number of benzene rings is 2. The van der Waals surface area contributed by atoms with Crippen molar-refractivity contribution in [3.8, 4) is 0 Å². The van der Waals surface area contributed by atoms with Gasteiger partial charge < -0.3 is 24.4 Å². The summed E-state index contributed by atoms with van der Waals surface area (Å²) in [6.45, 7) is 4.06. The first-order valence-electron chi connectivity index (χ1n) is 13.8. The third kappa shape index (κ3) is 4.00. The number of carbonyl (C=O) groups is 3. The summed E-state index contributed by atoms with van der Waals surface area (Å²) in [5.41, 5.74) is -0.652. The van der Waals surface area contributed by atoms with E-state index in [-0.39, 0.29) is 37.5 Å². The van der Waals surface area contributed by atoms with E-state index in [0.717, 1.165) is 17.2 Å². The van der Waals surface area contributed by atoms with Crippen molar-refractivity contribution in [3.05, 3.63) is 66.8 Å². The molecule has 0 aromatic heterocycles. The fourth-order valence-electron chi connectivity index (χ4n) is 6.75. The summed E-state index contributed by atoms with van der Waals surface area (Å²) in [5.74, 6) is -3.09. The Bertz CT molecular complexity index is 1370. The molecule has 4 aliphatic rings. The Balaban J connectivity index is 1.49. The number of nitrogens with zero attached hydrogens (tertiary/aromatic N) is 2. The van der Waals surface area contributed by atoms with E-state index in [0.29, 0.717) is 12.1 Å². The van der Waals surface area contributed by atoms with Crippen LogP contribution in [-0.2, 0) is 23.9 Å². The van der Waals surface area contributed by atoms with Crippen LogP contribution in [0.2, 0.25) is 0 Å². The van der Waals surface area contributed by atoms with E-state index in [1.807, 2.05) is 80.6 Å². The predicted octanol–water partition coefficient (Wildman–Crippen LogP) is 3.23. The second-order valence-corrected chi connectivity index (χ2v) is 11.2. The topological polar surface area (TPSA) is 96.4 Å². The molecule has 8 nitrogen and oxygen atoms in total. The quantitative estimate of drug-likeness (QED) is 0.482. The summed E-state index contributed by atoms with van der Waals surface area (Å²) >= 11 is 0. The molecule has 1 N–H and O–H groups in total. The summed E-state index contributed by atoms with van der Waals surface area (Å²) in [6, 6.07) is 12.1. The van der Waals surface area contributed by atoms with E-state index < -0.39 is 41.6 Å². The van der Waals surface area contributed by atoms with E-state index >= 15 is 0 Å². The van der Waals surface area contributed by atoms with Crippen LogP contribution >= 0.6 is 0 Å². The van der Waals surface area contributed by atoms with E-state index in [1.165, 1.54) is 4.90 Å². The average molecular weight is 531 g/mol. The SMILES string of the molecule is CC(C)[C@H](CO)N1C(=O)[C@@H]2[C@@H]3C(=O)OCCC/C=C\[C@@H]3O[C@@]23C=CCN(c2ccc4ccccc4c2)C(=O)C13. The summed E-state index contributed by atoms with van der Waals surface area (Å²) in [4.78, 5) is 45.4. The minimum atomic E-state index is -1.36. The van der Waals surface area contributed by atoms with Crippen molar-refractivity contribution in [1.82, 2.24) is 4.90 Å². The van der Waals surface area contributed by atoms with Gasteiger partial charge in [-0.05, 0) is 41.7 Å². The third-order valence-corrected chi connectivity index (χ3v) is 8.65. The van der Waals surface area contributed by atoms with Crippen molar-refractivity contribution in [2.24, 2.45) is 17.8 Å². The Hall–Kier alpha value is -3.49. The molecule has 1 spiro atoms. The number of ether oxygens (including phenoxy) is 2. The molecule has 2 saturated heterocycles. The molecule has 0 bridgehead atoms. The Morgan fingerprint density at radius 2 is 1.85 bits per heavy atom. The largest absolute Gasteiger partial charge is 0.465 e. The second-order valence-electron chi connectivity index (χ2n) is 11.2. The standard InChI is InChI=1S/C31H34N2O6/c1-19(2)23(18-34)33-27-29(36)32(22-13-12-20-9-5-6-10-21(20)17-22)15-8-14-31(27)26(28(33)35)25-24(39-31)11-4-3-7-16-38-30(25)37/h4-6,8-14,17,19,23-27,34H,3,7,15-16,18H2,1-2H3/b11-4-/t23-,24-,25+,26-,27?,31-/m0/s1. The number of aliphatic hydroxyl groups is 1. The molecule has 8 heteroatoms. The normalized spacial score (nSPS) is 32.2. The monoisotopic (exact) mass is 530 g/mol. The van der Waals surface area contributed by atoms with Gasteiger partial charge >= 0.3 is 5.97 Å². The van der Waals surface area contributed by atoms with Crippen molar-refractivity contribution in [2.45, 2.75) is 50.5 Å². The van der Waals surface area contributed by atoms with E-state index in [1.54, 1.807) is 4.90 Å². The van der Waals surface area contributed by atoms with Gasteiger partial charge in [0.05, 0.1) is 31.3 Å². The molecular weight excluding hydrogens is 496 g/mol. The van der Waals surface area contributed by atoms with Crippen molar-refractivity contribution in [2.75, 3.05) is 24.7 Å². The molecule has 6 atom stereocenters. The maximum atomic E-state index is 14.6. The highest BCUT2D eigenvalue weighted by molar-refractivity contribution is 6.06. The Morgan fingerprint density at radius 1 is 1.05 bits per heavy atom. The van der Waals surface area contributed by atoms with Gasteiger partial charge in [0.25, 0.3) is 5.91 Å². The van der Waals surface area contributed by atoms with Gasteiger partial charge in [-0.15, -0.1) is 0 Å². The fourth-order valence-corrected chi connectivity index (χ4v) is 6.75. The number of hydrogen-bond donors (Lipinski definition) is 1. The number of amides is 2. The molecule has 39 heavy (non-hydrogen) atoms. The minimum absolute atomic E-state index is 0.132. The maximum absolute atomic E-state index is 14.6. The van der Waals surface area contributed by atoms with E-state index in [2.05, 4.69) is 0 Å². The first-order chi connectivity index (χ1) is 18.9. The number of hydrogen-bond acceptors (Lipinski definition) is 6. The molecule has 4 heterocycles. The molecule has 6 rings (SSSR count). The molecule has 0 saturated carbocycles. The van der Waals surface area contributed by atoms with Crippen LogP contribution in [0.1, 0.15) is 26.7 Å². The summed E-state index contributed by atoms with van der Waals surface area (Å²) in [5, 5.41) is 12.5. The van der Waals surface area contributed by atoms with Crippen LogP contribution in [0.25, 0.3) is 10.8 Å². The van der Waals surface area contributed by atoms with Crippen molar-refractivity contribution in [1.29, 1.82) is 0 Å². The van der Waals surface area contributed by atoms with Gasteiger partial charge in [0, 0.05) is 12.2 Å². The first kappa shape index (κ1) is 25.8. The van der Waals surface area contributed by atoms with Gasteiger partial charge in [0.2, 0.25) is 5.91 Å². The molecular formula is C31H34N2O6. The van der Waals surface area contributed by atoms with Crippen LogP contribution in [0.15, 0.2) is 66.8 Å². The first-order valence-corrected chi connectivity index (χ1v) is 13.8. The zero-order chi connectivity index (χ0) is 27.3. The number of fused-ring (bicyclic) bond motifs is 3. The maximum Gasteiger partial charge on any atom is 0.312 e. The summed E-state index contributed by atoms with van der Waals surface area (Å²) < 4.78 is 12.2. The van der Waals surface area contributed by atoms with Crippen LogP contribution < -0.4 is 4.90 Å². The molecule has 2 aromatic carbocycles. The highest BCUT2D eigenvalue weighted by Gasteiger charge is 2.72. The number of likely N-dealkylation sites (tertiary alicyclic amines) is 1. The number of esters is 1. The van der Waals surface area contributed by atoms with Gasteiger partial charge in [-0.3, -0.25) is 14.4 Å². The lowest BCUT2D eigenvalue weighted by atomic mass is 9.78. The molecule has 2 fully saturated rings. The van der Waals surface area contributed by atoms with Crippen LogP contribution in [-0.4, -0.2) is 71.3 Å². The molecule has 4 aliphatic heterocycles. The molecule has 0 aliphatic carbocycles. The van der Waals surface area contributed by atoms with Crippen LogP contribution in [0.5, 0.6) is 0 Å². The smallest absolute Gasteiger partial charge is 0.312 e. The third-order valence-electron chi connectivity index (χ3n) is 8.65. The molecule has 2 aromatic rings. The Kier molecular flexibility index (Phi) is 6.55. The van der Waals surface area contributed by atoms with Gasteiger partial charge in [0.15, 0.2) is 0 Å². The molecule has 204 valence electrons. The van der Waals surface area contributed by atoms with Gasteiger partial charge in [-0.1, -0.05) is 68.5 Å². The van der Waals surface area contributed by atoms with Gasteiger partial charge in [-0.2, -0.15) is 0 Å². The van der Waals surface area contributed by atoms with Gasteiger partial charge in [0.1, 0.15) is 17.6 Å². The van der Waals surface area contributed by atoms with Crippen molar-refractivity contribution in [3.63, 3.8) is 0 Å². The lowest BCUT2D eigenvalue weighted by Crippen LogP contribution is -2.59. The van der Waals surface area contributed by atoms with Gasteiger partial charge in [-0.25, -0.2) is 0 Å². The fraction of sp³-hybridized carbons (Fsp3) is 0.452. The number of cyclic esters (lactones) is 1. The Morgan fingerprint density at radius 3 is 2.62 bits per heavy atom. The zero-order valence-electron chi connectivity index (χ0n) is 22.2.